The molecule has 1 atom stereocenters. The van der Waals surface area contributed by atoms with Crippen LogP contribution in [0.15, 0.2) is 18.2 Å². The largest absolute Gasteiger partial charge is 0.381 e. The van der Waals surface area contributed by atoms with Gasteiger partial charge in [0, 0.05) is 32.2 Å². The molecular weight excluding hydrogens is 342 g/mol. The van der Waals surface area contributed by atoms with E-state index in [0.29, 0.717) is 12.5 Å². The van der Waals surface area contributed by atoms with Gasteiger partial charge in [-0.25, -0.2) is 4.79 Å². The van der Waals surface area contributed by atoms with Crippen LogP contribution in [0.4, 0.5) is 16.2 Å². The Morgan fingerprint density at radius 3 is 2.67 bits per heavy atom. The molecule has 2 aliphatic rings. The number of hydrogen-bond acceptors (Lipinski definition) is 4. The maximum absolute atomic E-state index is 11.6. The highest BCUT2D eigenvalue weighted by atomic mass is 16.5. The Morgan fingerprint density at radius 1 is 1.33 bits per heavy atom. The molecule has 0 radical (unpaired) electrons. The summed E-state index contributed by atoms with van der Waals surface area (Å²) in [5.74, 6) is 0.886. The Morgan fingerprint density at radius 2 is 2.07 bits per heavy atom. The molecule has 1 aromatic rings. The summed E-state index contributed by atoms with van der Waals surface area (Å²) in [4.78, 5) is 25.1. The maximum Gasteiger partial charge on any atom is 0.316 e. The first kappa shape index (κ1) is 19.7. The SMILES string of the molecule is CCC(CC=O)c1ccc(N(CC2CC2)C2CCOCC2)c(NC(N)=O)c1. The average molecular weight is 373 g/mol. The molecule has 1 saturated carbocycles. The minimum atomic E-state index is -0.560. The van der Waals surface area contributed by atoms with Gasteiger partial charge in [-0.3, -0.25) is 0 Å². The number of hydrogen-bond donors (Lipinski definition) is 2. The van der Waals surface area contributed by atoms with E-state index in [9.17, 15) is 9.59 Å². The zero-order chi connectivity index (χ0) is 19.2. The number of ether oxygens (including phenoxy) is 1. The molecule has 1 heterocycles. The normalized spacial score (nSPS) is 18.7. The number of carbonyl (C=O) groups is 2. The number of rotatable bonds is 9. The number of carbonyl (C=O) groups excluding carboxylic acids is 2. The van der Waals surface area contributed by atoms with Gasteiger partial charge in [0.1, 0.15) is 6.29 Å². The third kappa shape index (κ3) is 5.22. The predicted octanol–water partition coefficient (Wildman–Crippen LogP) is 3.66. The number of amides is 2. The van der Waals surface area contributed by atoms with E-state index in [1.807, 2.05) is 6.07 Å². The molecule has 1 saturated heterocycles. The van der Waals surface area contributed by atoms with Gasteiger partial charge in [0.15, 0.2) is 0 Å². The highest BCUT2D eigenvalue weighted by molar-refractivity contribution is 5.92. The van der Waals surface area contributed by atoms with Crippen LogP contribution in [0, 0.1) is 5.92 Å². The van der Waals surface area contributed by atoms with Crippen molar-refractivity contribution in [2.45, 2.75) is 57.4 Å². The molecule has 1 unspecified atom stereocenters. The summed E-state index contributed by atoms with van der Waals surface area (Å²) in [6.07, 6.45) is 6.85. The van der Waals surface area contributed by atoms with Crippen molar-refractivity contribution in [3.8, 4) is 0 Å². The fourth-order valence-corrected chi connectivity index (χ4v) is 3.97. The molecule has 2 fully saturated rings. The summed E-state index contributed by atoms with van der Waals surface area (Å²) >= 11 is 0. The molecule has 27 heavy (non-hydrogen) atoms. The summed E-state index contributed by atoms with van der Waals surface area (Å²) < 4.78 is 5.54. The fraction of sp³-hybridized carbons (Fsp3) is 0.619. The first-order valence-corrected chi connectivity index (χ1v) is 10.1. The first-order valence-electron chi connectivity index (χ1n) is 10.1. The number of nitrogens with one attached hydrogen (secondary N) is 1. The molecule has 1 aliphatic heterocycles. The fourth-order valence-electron chi connectivity index (χ4n) is 3.97. The second kappa shape index (κ2) is 9.22. The van der Waals surface area contributed by atoms with Gasteiger partial charge in [0.2, 0.25) is 0 Å². The zero-order valence-electron chi connectivity index (χ0n) is 16.2. The molecule has 3 rings (SSSR count). The lowest BCUT2D eigenvalue weighted by molar-refractivity contribution is -0.108. The minimum absolute atomic E-state index is 0.157. The van der Waals surface area contributed by atoms with Crippen molar-refractivity contribution in [1.82, 2.24) is 0 Å². The van der Waals surface area contributed by atoms with E-state index in [4.69, 9.17) is 10.5 Å². The lowest BCUT2D eigenvalue weighted by atomic mass is 9.92. The van der Waals surface area contributed by atoms with Crippen LogP contribution in [-0.4, -0.2) is 38.1 Å². The first-order chi connectivity index (χ1) is 13.1. The third-order valence-corrected chi connectivity index (χ3v) is 5.72. The van der Waals surface area contributed by atoms with Gasteiger partial charge in [-0.05, 0) is 61.6 Å². The Kier molecular flexibility index (Phi) is 6.72. The quantitative estimate of drug-likeness (QED) is 0.647. The summed E-state index contributed by atoms with van der Waals surface area (Å²) in [6.45, 7) is 4.63. The van der Waals surface area contributed by atoms with E-state index >= 15 is 0 Å². The molecule has 1 aliphatic carbocycles. The number of nitrogens with zero attached hydrogens (tertiary/aromatic N) is 1. The maximum atomic E-state index is 11.6. The summed E-state index contributed by atoms with van der Waals surface area (Å²) in [7, 11) is 0. The summed E-state index contributed by atoms with van der Waals surface area (Å²) in [5, 5.41) is 2.83. The van der Waals surface area contributed by atoms with Gasteiger partial charge >= 0.3 is 6.03 Å². The highest BCUT2D eigenvalue weighted by Gasteiger charge is 2.31. The van der Waals surface area contributed by atoms with Crippen molar-refractivity contribution in [3.05, 3.63) is 23.8 Å². The number of anilines is 2. The second-order valence-corrected chi connectivity index (χ2v) is 7.71. The minimum Gasteiger partial charge on any atom is -0.381 e. The van der Waals surface area contributed by atoms with Crippen LogP contribution in [-0.2, 0) is 9.53 Å². The molecule has 1 aromatic carbocycles. The molecular formula is C21H31N3O3. The van der Waals surface area contributed by atoms with Gasteiger partial charge in [-0.1, -0.05) is 13.0 Å². The van der Waals surface area contributed by atoms with E-state index in [2.05, 4.69) is 29.3 Å². The Balaban J connectivity index is 1.93. The van der Waals surface area contributed by atoms with Crippen LogP contribution in [0.25, 0.3) is 0 Å². The van der Waals surface area contributed by atoms with Crippen molar-refractivity contribution in [2.24, 2.45) is 11.7 Å². The molecule has 2 amide bonds. The molecule has 6 heteroatoms. The molecule has 0 aromatic heterocycles. The lowest BCUT2D eigenvalue weighted by Crippen LogP contribution is -2.41. The van der Waals surface area contributed by atoms with Crippen molar-refractivity contribution in [3.63, 3.8) is 0 Å². The van der Waals surface area contributed by atoms with E-state index in [0.717, 1.165) is 68.2 Å². The van der Waals surface area contributed by atoms with Crippen molar-refractivity contribution in [2.75, 3.05) is 30.0 Å². The number of nitrogens with two attached hydrogens (primary N) is 1. The highest BCUT2D eigenvalue weighted by Crippen LogP contribution is 2.38. The summed E-state index contributed by atoms with van der Waals surface area (Å²) in [6, 6.07) is 6.03. The van der Waals surface area contributed by atoms with E-state index in [1.54, 1.807) is 0 Å². The average Bonchev–Trinajstić information content (AvgIpc) is 3.49. The van der Waals surface area contributed by atoms with E-state index in [1.165, 1.54) is 12.8 Å². The Bertz CT molecular complexity index is 654. The van der Waals surface area contributed by atoms with Crippen LogP contribution in [0.3, 0.4) is 0 Å². The van der Waals surface area contributed by atoms with Crippen LogP contribution in [0.1, 0.15) is 56.9 Å². The zero-order valence-corrected chi connectivity index (χ0v) is 16.2. The molecule has 0 spiro atoms. The van der Waals surface area contributed by atoms with Gasteiger partial charge in [-0.2, -0.15) is 0 Å². The molecule has 6 nitrogen and oxygen atoms in total. The molecule has 148 valence electrons. The summed E-state index contributed by atoms with van der Waals surface area (Å²) in [5.41, 5.74) is 8.30. The smallest absolute Gasteiger partial charge is 0.316 e. The number of urea groups is 1. The lowest BCUT2D eigenvalue weighted by Gasteiger charge is -2.37. The van der Waals surface area contributed by atoms with Crippen LogP contribution < -0.4 is 16.0 Å². The van der Waals surface area contributed by atoms with Crippen molar-refractivity contribution < 1.29 is 14.3 Å². The van der Waals surface area contributed by atoms with E-state index < -0.39 is 6.03 Å². The topological polar surface area (TPSA) is 84.7 Å². The third-order valence-electron chi connectivity index (χ3n) is 5.72. The Labute approximate surface area is 161 Å². The standard InChI is InChI=1S/C21H31N3O3/c1-2-16(7-10-25)17-5-6-20(19(13-17)23-21(22)26)24(14-15-3-4-15)18-8-11-27-12-9-18/h5-6,10,13,15-16,18H,2-4,7-9,11-12,14H2,1H3,(H3,22,23,26). The molecule has 3 N–H and O–H groups in total. The number of aldehydes is 1. The monoisotopic (exact) mass is 373 g/mol. The van der Waals surface area contributed by atoms with Crippen LogP contribution in [0.5, 0.6) is 0 Å². The second-order valence-electron chi connectivity index (χ2n) is 7.71. The van der Waals surface area contributed by atoms with Crippen molar-refractivity contribution >= 4 is 23.7 Å². The van der Waals surface area contributed by atoms with Gasteiger partial charge in [0.05, 0.1) is 11.4 Å². The van der Waals surface area contributed by atoms with E-state index in [-0.39, 0.29) is 5.92 Å². The van der Waals surface area contributed by atoms with Gasteiger partial charge in [-0.15, -0.1) is 0 Å². The number of primary amides is 1. The van der Waals surface area contributed by atoms with Crippen LogP contribution >= 0.6 is 0 Å². The predicted molar refractivity (Wildman–Crippen MR) is 107 cm³/mol. The van der Waals surface area contributed by atoms with Gasteiger partial charge < -0.3 is 25.5 Å². The van der Waals surface area contributed by atoms with Crippen LogP contribution in [0.2, 0.25) is 0 Å². The number of benzene rings is 1. The van der Waals surface area contributed by atoms with Crippen molar-refractivity contribution in [1.29, 1.82) is 0 Å². The van der Waals surface area contributed by atoms with Gasteiger partial charge in [0.25, 0.3) is 0 Å². The molecule has 0 bridgehead atoms. The Hall–Kier alpha value is -2.08.